The predicted molar refractivity (Wildman–Crippen MR) is 110 cm³/mol. The van der Waals surface area contributed by atoms with Crippen molar-refractivity contribution in [3.8, 4) is 0 Å². The van der Waals surface area contributed by atoms with Crippen LogP contribution in [0.15, 0.2) is 36.4 Å². The Morgan fingerprint density at radius 3 is 1.86 bits per heavy atom. The molecule has 0 radical (unpaired) electrons. The first-order chi connectivity index (χ1) is 13.4. The molecule has 28 heavy (non-hydrogen) atoms. The maximum atomic E-state index is 11.8. The minimum absolute atomic E-state index is 0.0139. The normalized spacial score (nSPS) is 11.1. The number of unbranched alkanes of at least 4 members (excludes halogenated alkanes) is 1. The summed E-state index contributed by atoms with van der Waals surface area (Å²) in [5.41, 5.74) is 3.36. The molecule has 5 heteroatoms. The smallest absolute Gasteiger partial charge is 0.305 e. The van der Waals surface area contributed by atoms with Crippen molar-refractivity contribution in [2.24, 2.45) is 0 Å². The van der Waals surface area contributed by atoms with Gasteiger partial charge in [0.05, 0.1) is 6.61 Å². The number of ketones is 2. The summed E-state index contributed by atoms with van der Waals surface area (Å²) in [6, 6.07) is 11.4. The van der Waals surface area contributed by atoms with Gasteiger partial charge in [-0.3, -0.25) is 14.4 Å². The van der Waals surface area contributed by atoms with Crippen molar-refractivity contribution in [2.45, 2.75) is 46.6 Å². The molecule has 0 saturated carbocycles. The predicted octanol–water partition coefficient (Wildman–Crippen LogP) is 4.93. The van der Waals surface area contributed by atoms with Crippen LogP contribution in [0, 0.1) is 0 Å². The van der Waals surface area contributed by atoms with Crippen LogP contribution in [0.25, 0.3) is 21.8 Å². The van der Waals surface area contributed by atoms with E-state index < -0.39 is 0 Å². The summed E-state index contributed by atoms with van der Waals surface area (Å²) >= 11 is 0. The lowest BCUT2D eigenvalue weighted by molar-refractivity contribution is -0.143. The zero-order valence-corrected chi connectivity index (χ0v) is 16.6. The molecule has 3 aromatic rings. The summed E-state index contributed by atoms with van der Waals surface area (Å²) in [4.78, 5) is 35.2. The number of hydrogen-bond acceptors (Lipinski definition) is 4. The van der Waals surface area contributed by atoms with Crippen LogP contribution in [0.4, 0.5) is 0 Å². The van der Waals surface area contributed by atoms with E-state index in [-0.39, 0.29) is 17.5 Å². The van der Waals surface area contributed by atoms with Gasteiger partial charge in [-0.05, 0) is 70.0 Å². The van der Waals surface area contributed by atoms with Gasteiger partial charge in [-0.25, -0.2) is 0 Å². The Morgan fingerprint density at radius 2 is 1.39 bits per heavy atom. The largest absolute Gasteiger partial charge is 0.466 e. The summed E-state index contributed by atoms with van der Waals surface area (Å²) < 4.78 is 7.18. The van der Waals surface area contributed by atoms with Crippen molar-refractivity contribution in [2.75, 3.05) is 6.61 Å². The zero-order valence-electron chi connectivity index (χ0n) is 16.6. The number of carbonyl (C=O) groups is 3. The van der Waals surface area contributed by atoms with E-state index in [2.05, 4.69) is 4.57 Å². The Morgan fingerprint density at radius 1 is 0.857 bits per heavy atom. The summed E-state index contributed by atoms with van der Waals surface area (Å²) in [6.45, 7) is 6.06. The fraction of sp³-hybridized carbons (Fsp3) is 0.348. The van der Waals surface area contributed by atoms with Crippen LogP contribution in [0.3, 0.4) is 0 Å². The lowest BCUT2D eigenvalue weighted by Crippen LogP contribution is -2.05. The van der Waals surface area contributed by atoms with Gasteiger partial charge in [0.2, 0.25) is 0 Å². The Kier molecular flexibility index (Phi) is 5.93. The van der Waals surface area contributed by atoms with Crippen LogP contribution in [-0.2, 0) is 16.1 Å². The van der Waals surface area contributed by atoms with Crippen LogP contribution in [0.5, 0.6) is 0 Å². The zero-order chi connectivity index (χ0) is 20.3. The third kappa shape index (κ3) is 3.98. The Hall–Kier alpha value is -2.95. The highest BCUT2D eigenvalue weighted by Crippen LogP contribution is 2.31. The van der Waals surface area contributed by atoms with E-state index in [1.54, 1.807) is 20.8 Å². The fourth-order valence-corrected chi connectivity index (χ4v) is 3.56. The summed E-state index contributed by atoms with van der Waals surface area (Å²) in [6.07, 6.45) is 1.99. The quantitative estimate of drug-likeness (QED) is 0.316. The van der Waals surface area contributed by atoms with Crippen molar-refractivity contribution in [3.05, 3.63) is 47.5 Å². The van der Waals surface area contributed by atoms with Gasteiger partial charge in [0.25, 0.3) is 0 Å². The number of carbonyl (C=O) groups excluding carboxylic acids is 3. The van der Waals surface area contributed by atoms with Gasteiger partial charge in [-0.2, -0.15) is 0 Å². The number of fused-ring (bicyclic) bond motifs is 3. The number of benzene rings is 2. The minimum Gasteiger partial charge on any atom is -0.466 e. The van der Waals surface area contributed by atoms with Crippen molar-refractivity contribution < 1.29 is 19.1 Å². The Labute approximate surface area is 164 Å². The van der Waals surface area contributed by atoms with E-state index in [4.69, 9.17) is 4.74 Å². The van der Waals surface area contributed by atoms with E-state index in [0.29, 0.717) is 24.2 Å². The molecule has 1 heterocycles. The molecule has 2 aromatic carbocycles. The number of rotatable bonds is 8. The van der Waals surface area contributed by atoms with Gasteiger partial charge in [0.1, 0.15) is 0 Å². The summed E-state index contributed by atoms with van der Waals surface area (Å²) in [5, 5.41) is 1.94. The molecule has 5 nitrogen and oxygen atoms in total. The molecular weight excluding hydrogens is 354 g/mol. The Bertz CT molecular complexity index is 990. The lowest BCUT2D eigenvalue weighted by atomic mass is 10.0. The number of aryl methyl sites for hydroxylation is 1. The second-order valence-corrected chi connectivity index (χ2v) is 6.99. The van der Waals surface area contributed by atoms with Crippen LogP contribution >= 0.6 is 0 Å². The van der Waals surface area contributed by atoms with Crippen molar-refractivity contribution in [1.82, 2.24) is 4.57 Å². The first kappa shape index (κ1) is 19.8. The van der Waals surface area contributed by atoms with Gasteiger partial charge < -0.3 is 9.30 Å². The molecule has 0 N–H and O–H groups in total. The monoisotopic (exact) mass is 379 g/mol. The minimum atomic E-state index is -0.165. The third-order valence-corrected chi connectivity index (χ3v) is 5.00. The highest BCUT2D eigenvalue weighted by atomic mass is 16.5. The van der Waals surface area contributed by atoms with Gasteiger partial charge in [0.15, 0.2) is 11.6 Å². The third-order valence-electron chi connectivity index (χ3n) is 5.00. The molecule has 146 valence electrons. The lowest BCUT2D eigenvalue weighted by Gasteiger charge is -2.08. The SMILES string of the molecule is CCOC(=O)CCCCn1c2ccc(C(C)=O)cc2c2cc(C(C)=O)ccc21. The number of nitrogens with zero attached hydrogens (tertiary/aromatic N) is 1. The molecule has 0 aliphatic rings. The van der Waals surface area contributed by atoms with Gasteiger partial charge >= 0.3 is 5.97 Å². The van der Waals surface area contributed by atoms with Crippen molar-refractivity contribution in [3.63, 3.8) is 0 Å². The molecule has 0 aliphatic carbocycles. The maximum Gasteiger partial charge on any atom is 0.305 e. The highest BCUT2D eigenvalue weighted by Gasteiger charge is 2.14. The number of esters is 1. The molecule has 0 spiro atoms. The van der Waals surface area contributed by atoms with Crippen LogP contribution in [-0.4, -0.2) is 28.7 Å². The second-order valence-electron chi connectivity index (χ2n) is 6.99. The van der Waals surface area contributed by atoms with Crippen LogP contribution < -0.4 is 0 Å². The van der Waals surface area contributed by atoms with Crippen molar-refractivity contribution >= 4 is 39.3 Å². The molecule has 0 fully saturated rings. The van der Waals surface area contributed by atoms with E-state index in [9.17, 15) is 14.4 Å². The number of Topliss-reactive ketones (excluding diaryl/α,β-unsaturated/α-hetero) is 2. The summed E-state index contributed by atoms with van der Waals surface area (Å²) in [7, 11) is 0. The van der Waals surface area contributed by atoms with E-state index in [1.165, 1.54) is 0 Å². The molecule has 0 aliphatic heterocycles. The number of hydrogen-bond donors (Lipinski definition) is 0. The average Bonchev–Trinajstić information content (AvgIpc) is 2.97. The van der Waals surface area contributed by atoms with Crippen LogP contribution in [0.2, 0.25) is 0 Å². The molecular formula is C23H25NO4. The van der Waals surface area contributed by atoms with Gasteiger partial charge in [-0.1, -0.05) is 0 Å². The van der Waals surface area contributed by atoms with E-state index >= 15 is 0 Å². The molecule has 0 amide bonds. The number of ether oxygens (including phenoxy) is 1. The first-order valence-electron chi connectivity index (χ1n) is 9.66. The fourth-order valence-electron chi connectivity index (χ4n) is 3.56. The highest BCUT2D eigenvalue weighted by molar-refractivity contribution is 6.12. The molecule has 0 bridgehead atoms. The average molecular weight is 379 g/mol. The molecule has 0 atom stereocenters. The van der Waals surface area contributed by atoms with E-state index in [1.807, 2.05) is 36.4 Å². The van der Waals surface area contributed by atoms with E-state index in [0.717, 1.165) is 41.2 Å². The first-order valence-corrected chi connectivity index (χ1v) is 9.66. The van der Waals surface area contributed by atoms with Gasteiger partial charge in [0, 0.05) is 45.9 Å². The Balaban J connectivity index is 1.99. The molecule has 0 unspecified atom stereocenters. The standard InChI is InChI=1S/C23H25NO4/c1-4-28-23(27)7-5-6-12-24-21-10-8-17(15(2)25)13-19(21)20-14-18(16(3)26)9-11-22(20)24/h8-11,13-14H,4-7,12H2,1-3H3. The van der Waals surface area contributed by atoms with Crippen LogP contribution in [0.1, 0.15) is 60.7 Å². The number of aromatic nitrogens is 1. The van der Waals surface area contributed by atoms with Gasteiger partial charge in [-0.15, -0.1) is 0 Å². The molecule has 3 rings (SSSR count). The molecule has 1 aromatic heterocycles. The topological polar surface area (TPSA) is 65.4 Å². The summed E-state index contributed by atoms with van der Waals surface area (Å²) in [5.74, 6) is -0.137. The second kappa shape index (κ2) is 8.38. The molecule has 0 saturated heterocycles. The van der Waals surface area contributed by atoms with Crippen molar-refractivity contribution in [1.29, 1.82) is 0 Å². The maximum absolute atomic E-state index is 11.8.